The van der Waals surface area contributed by atoms with Crippen LogP contribution in [0.15, 0.2) is 24.3 Å². The second-order valence-corrected chi connectivity index (χ2v) is 5.58. The van der Waals surface area contributed by atoms with Gasteiger partial charge in [0.2, 0.25) is 11.8 Å². The minimum Gasteiger partial charge on any atom is -0.460 e. The summed E-state index contributed by atoms with van der Waals surface area (Å²) in [4.78, 5) is 34.3. The highest BCUT2D eigenvalue weighted by Gasteiger charge is 2.17. The fourth-order valence-corrected chi connectivity index (χ4v) is 1.58. The normalized spacial score (nSPS) is 10.8. The summed E-state index contributed by atoms with van der Waals surface area (Å²) in [6.07, 6.45) is 0.00826. The van der Waals surface area contributed by atoms with Crippen molar-refractivity contribution < 1.29 is 19.1 Å². The fourth-order valence-electron chi connectivity index (χ4n) is 1.58. The molecule has 0 aliphatic heterocycles. The van der Waals surface area contributed by atoms with Crippen molar-refractivity contribution in [1.29, 1.82) is 0 Å². The summed E-state index contributed by atoms with van der Waals surface area (Å²) in [5.74, 6) is -1.33. The Kier molecular flexibility index (Phi) is 5.46. The van der Waals surface area contributed by atoms with Crippen molar-refractivity contribution in [2.45, 2.75) is 39.2 Å². The van der Waals surface area contributed by atoms with Gasteiger partial charge in [-0.1, -0.05) is 6.07 Å². The highest BCUT2D eigenvalue weighted by Crippen LogP contribution is 2.12. The third kappa shape index (κ3) is 6.56. The van der Waals surface area contributed by atoms with Gasteiger partial charge in [0.1, 0.15) is 5.60 Å². The number of benzene rings is 1. The van der Waals surface area contributed by atoms with Gasteiger partial charge in [0.25, 0.3) is 0 Å². The zero-order valence-electron chi connectivity index (χ0n) is 12.4. The van der Waals surface area contributed by atoms with Crippen LogP contribution in [0.3, 0.4) is 0 Å². The van der Waals surface area contributed by atoms with Gasteiger partial charge in [-0.25, -0.2) is 0 Å². The molecule has 0 saturated carbocycles. The predicted octanol–water partition coefficient (Wildman–Crippen LogP) is 1.85. The topological polar surface area (TPSA) is 98.5 Å². The van der Waals surface area contributed by atoms with E-state index >= 15 is 0 Å². The summed E-state index contributed by atoms with van der Waals surface area (Å²) in [7, 11) is 0. The smallest absolute Gasteiger partial charge is 0.306 e. The number of amides is 2. The number of anilines is 1. The van der Waals surface area contributed by atoms with E-state index in [9.17, 15) is 14.4 Å². The van der Waals surface area contributed by atoms with Crippen molar-refractivity contribution in [3.63, 3.8) is 0 Å². The van der Waals surface area contributed by atoms with Crippen LogP contribution in [0.4, 0.5) is 5.69 Å². The van der Waals surface area contributed by atoms with Crippen LogP contribution < -0.4 is 11.1 Å². The lowest BCUT2D eigenvalue weighted by Gasteiger charge is -2.19. The van der Waals surface area contributed by atoms with Gasteiger partial charge in [0, 0.05) is 17.7 Å². The zero-order chi connectivity index (χ0) is 16.0. The first-order chi connectivity index (χ1) is 9.67. The molecular weight excluding hydrogens is 272 g/mol. The van der Waals surface area contributed by atoms with E-state index in [-0.39, 0.29) is 18.7 Å². The van der Waals surface area contributed by atoms with Crippen molar-refractivity contribution in [2.24, 2.45) is 5.73 Å². The lowest BCUT2D eigenvalue weighted by molar-refractivity contribution is -0.155. The number of nitrogens with two attached hydrogens (primary N) is 1. The van der Waals surface area contributed by atoms with Gasteiger partial charge in [-0.2, -0.15) is 0 Å². The molecule has 0 aliphatic carbocycles. The van der Waals surface area contributed by atoms with E-state index in [1.54, 1.807) is 39.0 Å². The monoisotopic (exact) mass is 292 g/mol. The molecule has 0 spiro atoms. The van der Waals surface area contributed by atoms with E-state index in [0.717, 1.165) is 0 Å². The van der Waals surface area contributed by atoms with Gasteiger partial charge in [0.15, 0.2) is 0 Å². The Morgan fingerprint density at radius 2 is 1.86 bits per heavy atom. The predicted molar refractivity (Wildman–Crippen MR) is 78.7 cm³/mol. The first-order valence-electron chi connectivity index (χ1n) is 6.59. The highest BCUT2D eigenvalue weighted by atomic mass is 16.6. The molecule has 1 aromatic carbocycles. The maximum absolute atomic E-state index is 11.7. The van der Waals surface area contributed by atoms with Crippen molar-refractivity contribution >= 4 is 23.5 Å². The molecule has 6 heteroatoms. The third-order valence-corrected chi connectivity index (χ3v) is 2.41. The number of nitrogens with one attached hydrogen (secondary N) is 1. The molecule has 114 valence electrons. The average molecular weight is 292 g/mol. The number of carbonyl (C=O) groups is 3. The SMILES string of the molecule is CC(C)(C)OC(=O)CCC(=O)Nc1cccc(C(N)=O)c1. The van der Waals surface area contributed by atoms with E-state index in [2.05, 4.69) is 5.32 Å². The van der Waals surface area contributed by atoms with Crippen LogP contribution in [-0.4, -0.2) is 23.4 Å². The first kappa shape index (κ1) is 16.7. The van der Waals surface area contributed by atoms with Crippen molar-refractivity contribution in [3.05, 3.63) is 29.8 Å². The number of rotatable bonds is 5. The van der Waals surface area contributed by atoms with Gasteiger partial charge in [0.05, 0.1) is 6.42 Å². The van der Waals surface area contributed by atoms with Crippen molar-refractivity contribution in [3.8, 4) is 0 Å². The first-order valence-corrected chi connectivity index (χ1v) is 6.59. The van der Waals surface area contributed by atoms with Gasteiger partial charge >= 0.3 is 5.97 Å². The van der Waals surface area contributed by atoms with Gasteiger partial charge in [-0.05, 0) is 39.0 Å². The molecule has 0 aliphatic rings. The summed E-state index contributed by atoms with van der Waals surface area (Å²) in [5, 5.41) is 2.60. The largest absolute Gasteiger partial charge is 0.460 e. The Morgan fingerprint density at radius 3 is 2.43 bits per heavy atom. The van der Waals surface area contributed by atoms with E-state index in [0.29, 0.717) is 11.3 Å². The molecule has 1 rings (SSSR count). The van der Waals surface area contributed by atoms with E-state index in [4.69, 9.17) is 10.5 Å². The Hall–Kier alpha value is -2.37. The molecule has 0 bridgehead atoms. The van der Waals surface area contributed by atoms with Crippen LogP contribution in [0, 0.1) is 0 Å². The molecule has 0 heterocycles. The second kappa shape index (κ2) is 6.88. The fraction of sp³-hybridized carbons (Fsp3) is 0.400. The summed E-state index contributed by atoms with van der Waals surface area (Å²) in [6.45, 7) is 5.29. The highest BCUT2D eigenvalue weighted by molar-refractivity contribution is 5.96. The van der Waals surface area contributed by atoms with Crippen molar-refractivity contribution in [2.75, 3.05) is 5.32 Å². The third-order valence-electron chi connectivity index (χ3n) is 2.41. The minimum absolute atomic E-state index is 0.00138. The van der Waals surface area contributed by atoms with Crippen LogP contribution in [0.2, 0.25) is 0 Å². The summed E-state index contributed by atoms with van der Waals surface area (Å²) in [5.41, 5.74) is 5.36. The molecule has 0 fully saturated rings. The molecule has 6 nitrogen and oxygen atoms in total. The molecule has 0 aromatic heterocycles. The van der Waals surface area contributed by atoms with Gasteiger partial charge in [-0.15, -0.1) is 0 Å². The van der Waals surface area contributed by atoms with E-state index in [1.165, 1.54) is 6.07 Å². The molecular formula is C15H20N2O4. The number of ether oxygens (including phenoxy) is 1. The van der Waals surface area contributed by atoms with Crippen LogP contribution in [-0.2, 0) is 14.3 Å². The molecule has 3 N–H and O–H groups in total. The maximum atomic E-state index is 11.7. The Morgan fingerprint density at radius 1 is 1.19 bits per heavy atom. The Balaban J connectivity index is 2.49. The van der Waals surface area contributed by atoms with Crippen LogP contribution in [0.5, 0.6) is 0 Å². The zero-order valence-corrected chi connectivity index (χ0v) is 12.4. The number of carbonyl (C=O) groups excluding carboxylic acids is 3. The quantitative estimate of drug-likeness (QED) is 0.809. The van der Waals surface area contributed by atoms with Crippen LogP contribution in [0.1, 0.15) is 44.0 Å². The summed E-state index contributed by atoms with van der Waals surface area (Å²) >= 11 is 0. The lowest BCUT2D eigenvalue weighted by atomic mass is 10.2. The lowest BCUT2D eigenvalue weighted by Crippen LogP contribution is -2.24. The van der Waals surface area contributed by atoms with E-state index < -0.39 is 17.5 Å². The molecule has 2 amide bonds. The molecule has 0 unspecified atom stereocenters. The molecule has 0 atom stereocenters. The standard InChI is InChI=1S/C15H20N2O4/c1-15(2,3)21-13(19)8-7-12(18)17-11-6-4-5-10(9-11)14(16)20/h4-6,9H,7-8H2,1-3H3,(H2,16,20)(H,17,18). The average Bonchev–Trinajstić information content (AvgIpc) is 2.34. The molecule has 1 aromatic rings. The van der Waals surface area contributed by atoms with Gasteiger partial charge in [-0.3, -0.25) is 14.4 Å². The van der Waals surface area contributed by atoms with E-state index in [1.807, 2.05) is 0 Å². The minimum atomic E-state index is -0.570. The van der Waals surface area contributed by atoms with Crippen molar-refractivity contribution in [1.82, 2.24) is 0 Å². The second-order valence-electron chi connectivity index (χ2n) is 5.58. The number of hydrogen-bond donors (Lipinski definition) is 2. The molecule has 0 saturated heterocycles. The Labute approximate surface area is 123 Å². The summed E-state index contributed by atoms with van der Waals surface area (Å²) in [6, 6.07) is 6.29. The van der Waals surface area contributed by atoms with Crippen LogP contribution >= 0.6 is 0 Å². The molecule has 0 radical (unpaired) electrons. The number of primary amides is 1. The van der Waals surface area contributed by atoms with Gasteiger partial charge < -0.3 is 15.8 Å². The number of hydrogen-bond acceptors (Lipinski definition) is 4. The van der Waals surface area contributed by atoms with Crippen LogP contribution in [0.25, 0.3) is 0 Å². The molecule has 21 heavy (non-hydrogen) atoms. The Bertz CT molecular complexity index is 547. The maximum Gasteiger partial charge on any atom is 0.306 e. The number of esters is 1. The summed E-state index contributed by atoms with van der Waals surface area (Å²) < 4.78 is 5.11.